The zero-order valence-corrected chi connectivity index (χ0v) is 11.2. The molecule has 0 amide bonds. The molecule has 0 fully saturated rings. The topological polar surface area (TPSA) is 54.0 Å². The predicted molar refractivity (Wildman–Crippen MR) is 62.4 cm³/mol. The highest BCUT2D eigenvalue weighted by molar-refractivity contribution is 9.09. The zero-order chi connectivity index (χ0) is 12.1. The first-order valence-electron chi connectivity index (χ1n) is 5.35. The molecule has 0 spiro atoms. The van der Waals surface area contributed by atoms with Gasteiger partial charge in [0.15, 0.2) is 0 Å². The lowest BCUT2D eigenvalue weighted by molar-refractivity contribution is -0.276. The minimum Gasteiger partial charge on any atom is -0.378 e. The van der Waals surface area contributed by atoms with Crippen molar-refractivity contribution in [3.8, 4) is 0 Å². The summed E-state index contributed by atoms with van der Waals surface area (Å²) in [6, 6.07) is 0. The van der Waals surface area contributed by atoms with Gasteiger partial charge in [-0.25, -0.2) is 4.79 Å². The average molecular weight is 299 g/mol. The van der Waals surface area contributed by atoms with Gasteiger partial charge in [-0.3, -0.25) is 4.89 Å². The largest absolute Gasteiger partial charge is 0.378 e. The molecular formula is C10H19BrO5. The van der Waals surface area contributed by atoms with Crippen LogP contribution < -0.4 is 0 Å². The van der Waals surface area contributed by atoms with Crippen molar-refractivity contribution in [2.45, 2.75) is 19.8 Å². The van der Waals surface area contributed by atoms with Crippen LogP contribution in [0.1, 0.15) is 19.8 Å². The van der Waals surface area contributed by atoms with Crippen LogP contribution in [0.4, 0.5) is 0 Å². The highest BCUT2D eigenvalue weighted by Crippen LogP contribution is 1.92. The van der Waals surface area contributed by atoms with Crippen LogP contribution >= 0.6 is 15.9 Å². The summed E-state index contributed by atoms with van der Waals surface area (Å²) in [5.74, 6) is -0.344. The van der Waals surface area contributed by atoms with E-state index in [0.717, 1.165) is 11.8 Å². The first-order chi connectivity index (χ1) is 7.81. The summed E-state index contributed by atoms with van der Waals surface area (Å²) in [5, 5.41) is 0.823. The summed E-state index contributed by atoms with van der Waals surface area (Å²) in [7, 11) is 0. The van der Waals surface area contributed by atoms with E-state index in [0.29, 0.717) is 32.8 Å². The zero-order valence-electron chi connectivity index (χ0n) is 9.58. The smallest absolute Gasteiger partial charge is 0.342 e. The third-order valence-electron chi connectivity index (χ3n) is 1.51. The number of carbonyl (C=O) groups is 1. The van der Waals surface area contributed by atoms with Gasteiger partial charge in [0, 0.05) is 11.8 Å². The second-order valence-electron chi connectivity index (χ2n) is 2.94. The Morgan fingerprint density at radius 1 is 1.06 bits per heavy atom. The van der Waals surface area contributed by atoms with Crippen molar-refractivity contribution in [3.05, 3.63) is 0 Å². The van der Waals surface area contributed by atoms with E-state index in [9.17, 15) is 4.79 Å². The Balaban J connectivity index is 3.01. The quantitative estimate of drug-likeness (QED) is 0.251. The summed E-state index contributed by atoms with van der Waals surface area (Å²) in [6.45, 7) is 4.28. The first-order valence-corrected chi connectivity index (χ1v) is 6.47. The van der Waals surface area contributed by atoms with E-state index in [4.69, 9.17) is 9.47 Å². The Kier molecular flexibility index (Phi) is 12.8. The Morgan fingerprint density at radius 2 is 1.69 bits per heavy atom. The van der Waals surface area contributed by atoms with Crippen molar-refractivity contribution in [1.29, 1.82) is 0 Å². The Morgan fingerprint density at radius 3 is 2.31 bits per heavy atom. The van der Waals surface area contributed by atoms with Gasteiger partial charge in [-0.2, -0.15) is 4.89 Å². The van der Waals surface area contributed by atoms with E-state index in [1.54, 1.807) is 0 Å². The normalized spacial score (nSPS) is 10.4. The van der Waals surface area contributed by atoms with E-state index in [2.05, 4.69) is 25.7 Å². The Labute approximate surface area is 104 Å². The van der Waals surface area contributed by atoms with Crippen molar-refractivity contribution < 1.29 is 24.0 Å². The van der Waals surface area contributed by atoms with Crippen LogP contribution in [0.2, 0.25) is 0 Å². The molecule has 0 bridgehead atoms. The molecule has 0 aliphatic heterocycles. The monoisotopic (exact) mass is 298 g/mol. The van der Waals surface area contributed by atoms with Crippen molar-refractivity contribution in [3.63, 3.8) is 0 Å². The fraction of sp³-hybridized carbons (Fsp3) is 0.900. The van der Waals surface area contributed by atoms with Crippen LogP contribution in [0.25, 0.3) is 0 Å². The molecule has 0 atom stereocenters. The molecule has 0 aliphatic carbocycles. The molecule has 0 unspecified atom stereocenters. The van der Waals surface area contributed by atoms with Gasteiger partial charge in [-0.1, -0.05) is 22.9 Å². The van der Waals surface area contributed by atoms with Crippen molar-refractivity contribution in [2.24, 2.45) is 0 Å². The molecule has 16 heavy (non-hydrogen) atoms. The maximum atomic E-state index is 10.8. The van der Waals surface area contributed by atoms with Gasteiger partial charge in [-0.15, -0.1) is 0 Å². The highest BCUT2D eigenvalue weighted by atomic mass is 79.9. The molecule has 0 rings (SSSR count). The number of ether oxygens (including phenoxy) is 2. The fourth-order valence-corrected chi connectivity index (χ4v) is 1.05. The molecule has 96 valence electrons. The van der Waals surface area contributed by atoms with E-state index < -0.39 is 0 Å². The van der Waals surface area contributed by atoms with Crippen LogP contribution in [0.5, 0.6) is 0 Å². The minimum absolute atomic E-state index is 0.244. The highest BCUT2D eigenvalue weighted by Gasteiger charge is 2.00. The molecule has 0 saturated heterocycles. The molecular weight excluding hydrogens is 280 g/mol. The first kappa shape index (κ1) is 15.8. The minimum atomic E-state index is -0.344. The van der Waals surface area contributed by atoms with Gasteiger partial charge >= 0.3 is 5.97 Å². The molecule has 6 heteroatoms. The van der Waals surface area contributed by atoms with Gasteiger partial charge in [0.05, 0.1) is 26.4 Å². The molecule has 0 aliphatic rings. The number of hydrogen-bond acceptors (Lipinski definition) is 5. The van der Waals surface area contributed by atoms with Gasteiger partial charge in [-0.05, 0) is 6.42 Å². The van der Waals surface area contributed by atoms with Crippen molar-refractivity contribution >= 4 is 21.9 Å². The molecule has 0 N–H and O–H groups in total. The predicted octanol–water partition coefficient (Wildman–Crippen LogP) is 1.69. The SMILES string of the molecule is CCCC(=O)OOCCOCCOCCBr. The summed E-state index contributed by atoms with van der Waals surface area (Å²) in [4.78, 5) is 20.0. The van der Waals surface area contributed by atoms with E-state index in [1.807, 2.05) is 6.92 Å². The van der Waals surface area contributed by atoms with E-state index in [-0.39, 0.29) is 12.6 Å². The van der Waals surface area contributed by atoms with Gasteiger partial charge in [0.25, 0.3) is 0 Å². The third-order valence-corrected chi connectivity index (χ3v) is 1.83. The van der Waals surface area contributed by atoms with Crippen LogP contribution in [-0.2, 0) is 24.0 Å². The van der Waals surface area contributed by atoms with Crippen LogP contribution in [0.15, 0.2) is 0 Å². The van der Waals surface area contributed by atoms with Gasteiger partial charge in [0.2, 0.25) is 0 Å². The number of hydrogen-bond donors (Lipinski definition) is 0. The van der Waals surface area contributed by atoms with Gasteiger partial charge in [0.1, 0.15) is 6.61 Å². The number of carbonyl (C=O) groups excluding carboxylic acids is 1. The standard InChI is InChI=1S/C10H19BrO5/c1-2-3-10(12)16-15-9-8-14-7-6-13-5-4-11/h2-9H2,1H3. The van der Waals surface area contributed by atoms with Crippen LogP contribution in [-0.4, -0.2) is 44.3 Å². The molecule has 0 saturated carbocycles. The Hall–Kier alpha value is -0.170. The molecule has 0 aromatic rings. The second-order valence-corrected chi connectivity index (χ2v) is 3.73. The summed E-state index contributed by atoms with van der Waals surface area (Å²) >= 11 is 3.24. The lowest BCUT2D eigenvalue weighted by Crippen LogP contribution is -2.12. The van der Waals surface area contributed by atoms with Crippen LogP contribution in [0.3, 0.4) is 0 Å². The van der Waals surface area contributed by atoms with E-state index >= 15 is 0 Å². The molecule has 5 nitrogen and oxygen atoms in total. The van der Waals surface area contributed by atoms with Crippen molar-refractivity contribution in [2.75, 3.05) is 38.4 Å². The third kappa shape index (κ3) is 11.9. The molecule has 0 aromatic heterocycles. The maximum Gasteiger partial charge on any atom is 0.342 e. The summed E-state index contributed by atoms with van der Waals surface area (Å²) in [5.41, 5.74) is 0. The van der Waals surface area contributed by atoms with Crippen LogP contribution in [0, 0.1) is 0 Å². The number of alkyl halides is 1. The fourth-order valence-electron chi connectivity index (χ4n) is 0.823. The number of halogens is 1. The lowest BCUT2D eigenvalue weighted by atomic mass is 10.3. The van der Waals surface area contributed by atoms with E-state index in [1.165, 1.54) is 0 Å². The molecule has 0 aromatic carbocycles. The van der Waals surface area contributed by atoms with Crippen molar-refractivity contribution in [1.82, 2.24) is 0 Å². The average Bonchev–Trinajstić information content (AvgIpc) is 2.27. The summed E-state index contributed by atoms with van der Waals surface area (Å²) < 4.78 is 10.3. The molecule has 0 heterocycles. The lowest BCUT2D eigenvalue weighted by Gasteiger charge is -2.05. The maximum absolute atomic E-state index is 10.8. The molecule has 0 radical (unpaired) electrons. The Bertz CT molecular complexity index is 165. The van der Waals surface area contributed by atoms with Gasteiger partial charge < -0.3 is 9.47 Å². The second kappa shape index (κ2) is 12.9. The number of rotatable bonds is 11. The summed E-state index contributed by atoms with van der Waals surface area (Å²) in [6.07, 6.45) is 1.13.